The minimum atomic E-state index is -1.46. The van der Waals surface area contributed by atoms with E-state index < -0.39 is 47.8 Å². The lowest BCUT2D eigenvalue weighted by Gasteiger charge is -2.35. The molecule has 35 heavy (non-hydrogen) atoms. The van der Waals surface area contributed by atoms with E-state index in [1.165, 1.54) is 0 Å². The summed E-state index contributed by atoms with van der Waals surface area (Å²) in [4.78, 5) is 49.9. The van der Waals surface area contributed by atoms with Gasteiger partial charge in [0.1, 0.15) is 11.8 Å². The van der Waals surface area contributed by atoms with Crippen molar-refractivity contribution in [1.29, 1.82) is 0 Å². The molecule has 1 aliphatic heterocycles. The summed E-state index contributed by atoms with van der Waals surface area (Å²) in [5.41, 5.74) is 0.516. The van der Waals surface area contributed by atoms with Gasteiger partial charge in [-0.3, -0.25) is 9.59 Å². The monoisotopic (exact) mass is 488 g/mol. The van der Waals surface area contributed by atoms with Crippen molar-refractivity contribution in [2.45, 2.75) is 64.3 Å². The van der Waals surface area contributed by atoms with Gasteiger partial charge in [-0.25, -0.2) is 9.59 Å². The molecule has 9 nitrogen and oxygen atoms in total. The molecule has 1 amide bonds. The Morgan fingerprint density at radius 2 is 1.91 bits per heavy atom. The average molecular weight is 489 g/mol. The molecule has 0 saturated carbocycles. The van der Waals surface area contributed by atoms with E-state index in [2.05, 4.69) is 24.2 Å². The molecular formula is C26H36N2O7. The third-order valence-electron chi connectivity index (χ3n) is 6.52. The molecule has 0 aromatic heterocycles. The van der Waals surface area contributed by atoms with Gasteiger partial charge in [0, 0.05) is 18.0 Å². The van der Waals surface area contributed by atoms with Crippen LogP contribution in [0.4, 0.5) is 0 Å². The zero-order valence-electron chi connectivity index (χ0n) is 20.9. The van der Waals surface area contributed by atoms with Crippen molar-refractivity contribution in [3.05, 3.63) is 41.5 Å². The number of carbonyl (C=O) groups excluding carboxylic acids is 2. The maximum Gasteiger partial charge on any atom is 0.332 e. The Bertz CT molecular complexity index is 972. The summed E-state index contributed by atoms with van der Waals surface area (Å²) in [7, 11) is 2.11. The summed E-state index contributed by atoms with van der Waals surface area (Å²) in [6.07, 6.45) is 4.29. The second kappa shape index (κ2) is 12.5. The van der Waals surface area contributed by atoms with Gasteiger partial charge in [-0.2, -0.15) is 0 Å². The first-order valence-corrected chi connectivity index (χ1v) is 11.9. The Labute approximate surface area is 206 Å². The van der Waals surface area contributed by atoms with E-state index >= 15 is 0 Å². The van der Waals surface area contributed by atoms with Gasteiger partial charge in [0.05, 0.1) is 12.0 Å². The Morgan fingerprint density at radius 1 is 1.20 bits per heavy atom. The molecule has 9 heteroatoms. The predicted molar refractivity (Wildman–Crippen MR) is 130 cm³/mol. The number of likely N-dealkylation sites (N-methyl/N-ethyl adjacent to an activating group) is 1. The van der Waals surface area contributed by atoms with E-state index in [1.54, 1.807) is 19.9 Å². The van der Waals surface area contributed by atoms with E-state index in [-0.39, 0.29) is 5.41 Å². The lowest BCUT2D eigenvalue weighted by atomic mass is 9.74. The number of esters is 1. The fourth-order valence-corrected chi connectivity index (χ4v) is 4.52. The molecule has 2 atom stereocenters. The summed E-state index contributed by atoms with van der Waals surface area (Å²) in [5, 5.41) is 20.9. The molecule has 0 radical (unpaired) electrons. The van der Waals surface area contributed by atoms with Crippen LogP contribution >= 0.6 is 0 Å². The van der Waals surface area contributed by atoms with Crippen LogP contribution in [0.3, 0.4) is 0 Å². The van der Waals surface area contributed by atoms with Crippen LogP contribution in [-0.4, -0.2) is 65.1 Å². The fourth-order valence-electron chi connectivity index (χ4n) is 4.52. The first kappa shape index (κ1) is 28.0. The van der Waals surface area contributed by atoms with Crippen molar-refractivity contribution >= 4 is 23.8 Å². The van der Waals surface area contributed by atoms with E-state index in [0.29, 0.717) is 5.75 Å². The number of carboxylic acids is 2. The summed E-state index contributed by atoms with van der Waals surface area (Å²) in [5.74, 6) is -4.52. The first-order chi connectivity index (χ1) is 16.5. The Balaban J connectivity index is 2.15. The Morgan fingerprint density at radius 3 is 2.51 bits per heavy atom. The number of benzene rings is 1. The van der Waals surface area contributed by atoms with Crippen LogP contribution in [0, 0.1) is 5.92 Å². The van der Waals surface area contributed by atoms with E-state index in [1.807, 2.05) is 18.2 Å². The fraction of sp³-hybridized carbons (Fsp3) is 0.538. The zero-order chi connectivity index (χ0) is 26.2. The second-order valence-corrected chi connectivity index (χ2v) is 9.55. The summed E-state index contributed by atoms with van der Waals surface area (Å²) in [6, 6.07) is 6.14. The van der Waals surface area contributed by atoms with E-state index in [9.17, 15) is 29.4 Å². The smallest absolute Gasteiger partial charge is 0.332 e. The van der Waals surface area contributed by atoms with Gasteiger partial charge >= 0.3 is 17.9 Å². The van der Waals surface area contributed by atoms with Crippen LogP contribution < -0.4 is 10.1 Å². The lowest BCUT2D eigenvalue weighted by Crippen LogP contribution is -2.43. The van der Waals surface area contributed by atoms with Crippen LogP contribution in [0.2, 0.25) is 0 Å². The number of nitrogens with one attached hydrogen (secondary N) is 1. The molecule has 0 spiro atoms. The highest BCUT2D eigenvalue weighted by atomic mass is 16.5. The average Bonchev–Trinajstić information content (AvgIpc) is 2.98. The maximum absolute atomic E-state index is 12.5. The zero-order valence-corrected chi connectivity index (χ0v) is 20.9. The molecule has 1 fully saturated rings. The van der Waals surface area contributed by atoms with Gasteiger partial charge in [0.2, 0.25) is 5.91 Å². The first-order valence-electron chi connectivity index (χ1n) is 11.9. The highest BCUT2D eigenvalue weighted by Gasteiger charge is 2.33. The molecule has 3 N–H and O–H groups in total. The van der Waals surface area contributed by atoms with Crippen LogP contribution in [-0.2, 0) is 24.6 Å². The summed E-state index contributed by atoms with van der Waals surface area (Å²) < 4.78 is 5.43. The number of likely N-dealkylation sites (tertiary alicyclic amines) is 1. The third kappa shape index (κ3) is 7.92. The van der Waals surface area contributed by atoms with Gasteiger partial charge in [-0.05, 0) is 56.5 Å². The highest BCUT2D eigenvalue weighted by molar-refractivity contribution is 6.01. The Hall–Kier alpha value is -3.20. The number of nitrogens with zero attached hydrogens (tertiary/aromatic N) is 1. The number of aliphatic carboxylic acids is 2. The quantitative estimate of drug-likeness (QED) is 0.260. The molecule has 1 aliphatic rings. The van der Waals surface area contributed by atoms with Crippen LogP contribution in [0.1, 0.15) is 58.4 Å². The number of rotatable bonds is 10. The van der Waals surface area contributed by atoms with Gasteiger partial charge in [-0.1, -0.05) is 39.3 Å². The molecular weight excluding hydrogens is 452 g/mol. The van der Waals surface area contributed by atoms with Gasteiger partial charge < -0.3 is 25.2 Å². The highest BCUT2D eigenvalue weighted by Crippen LogP contribution is 2.37. The van der Waals surface area contributed by atoms with Crippen LogP contribution in [0.5, 0.6) is 5.75 Å². The molecule has 0 bridgehead atoms. The molecule has 192 valence electrons. The van der Waals surface area contributed by atoms with Crippen molar-refractivity contribution in [2.24, 2.45) is 5.92 Å². The molecule has 1 saturated heterocycles. The maximum atomic E-state index is 12.5. The van der Waals surface area contributed by atoms with Crippen molar-refractivity contribution < 1.29 is 34.1 Å². The number of hydrogen-bond donors (Lipinski definition) is 3. The van der Waals surface area contributed by atoms with Crippen molar-refractivity contribution in [3.8, 4) is 5.75 Å². The van der Waals surface area contributed by atoms with Crippen molar-refractivity contribution in [2.75, 3.05) is 20.1 Å². The van der Waals surface area contributed by atoms with Crippen molar-refractivity contribution in [1.82, 2.24) is 10.2 Å². The lowest BCUT2D eigenvalue weighted by molar-refractivity contribution is -0.142. The molecule has 1 aromatic rings. The Kier molecular flexibility index (Phi) is 10.0. The largest absolute Gasteiger partial charge is 0.480 e. The molecule has 1 heterocycles. The minimum Gasteiger partial charge on any atom is -0.480 e. The van der Waals surface area contributed by atoms with E-state index in [0.717, 1.165) is 50.4 Å². The number of amides is 1. The number of carboxylic acid groups (broad SMARTS) is 2. The second-order valence-electron chi connectivity index (χ2n) is 9.55. The minimum absolute atomic E-state index is 0.0605. The summed E-state index contributed by atoms with van der Waals surface area (Å²) >= 11 is 0. The van der Waals surface area contributed by atoms with Gasteiger partial charge in [0.25, 0.3) is 0 Å². The standard InChI is InChI=1S/C26H36N2O7/c1-5-26(11-6-7-12-28(4)16-26)19-9-8-10-20(15-19)35-22(30)14-18(24(31)32)13-21(29)27-23(17(2)3)25(33)34/h8-10,13,15,17,23H,5-7,11-12,14,16H2,1-4H3,(H,27,29)(H,31,32)(H,33,34)/t23-,26?/m0/s1. The molecule has 0 aliphatic carbocycles. The number of carbonyl (C=O) groups is 4. The number of ether oxygens (including phenoxy) is 1. The van der Waals surface area contributed by atoms with Gasteiger partial charge in [-0.15, -0.1) is 0 Å². The normalized spacial score (nSPS) is 20.1. The third-order valence-corrected chi connectivity index (χ3v) is 6.52. The van der Waals surface area contributed by atoms with Gasteiger partial charge in [0.15, 0.2) is 0 Å². The van der Waals surface area contributed by atoms with Crippen LogP contribution in [0.25, 0.3) is 0 Å². The van der Waals surface area contributed by atoms with Crippen molar-refractivity contribution in [3.63, 3.8) is 0 Å². The number of hydrogen-bond acceptors (Lipinski definition) is 6. The molecule has 1 unspecified atom stereocenters. The van der Waals surface area contributed by atoms with Crippen LogP contribution in [0.15, 0.2) is 35.9 Å². The predicted octanol–water partition coefficient (Wildman–Crippen LogP) is 2.98. The SMILES string of the molecule is CCC1(c2cccc(OC(=O)CC(=CC(=O)N[C@H](C(=O)O)C(C)C)C(=O)O)c2)CCCCN(C)C1. The van der Waals surface area contributed by atoms with E-state index in [4.69, 9.17) is 4.74 Å². The summed E-state index contributed by atoms with van der Waals surface area (Å²) in [6.45, 7) is 7.32. The topological polar surface area (TPSA) is 133 Å². The molecule has 2 rings (SSSR count). The molecule has 1 aromatic carbocycles.